The van der Waals surface area contributed by atoms with Crippen LogP contribution >= 0.6 is 15.9 Å². The van der Waals surface area contributed by atoms with Gasteiger partial charge in [-0.1, -0.05) is 6.42 Å². The lowest BCUT2D eigenvalue weighted by molar-refractivity contribution is -0.147. The smallest absolute Gasteiger partial charge is 0.308 e. The lowest BCUT2D eigenvalue weighted by atomic mass is 9.86. The molecule has 0 spiro atoms. The zero-order chi connectivity index (χ0) is 14.1. The van der Waals surface area contributed by atoms with E-state index in [1.807, 2.05) is 16.9 Å². The number of carbonyl (C=O) groups excluding carboxylic acids is 1. The topological polar surface area (TPSA) is 57.0 Å². The summed E-state index contributed by atoms with van der Waals surface area (Å²) >= 11 is 3.48. The van der Waals surface area contributed by atoms with Crippen LogP contribution in [0.2, 0.25) is 0 Å². The summed E-state index contributed by atoms with van der Waals surface area (Å²) in [5.74, 6) is -0.120. The number of hydrogen-bond acceptors (Lipinski definition) is 4. The molecule has 1 aliphatic carbocycles. The molecular formula is C14H16BrN3O2. The molecule has 2 aromatic rings. The molecule has 2 heterocycles. The zero-order valence-electron chi connectivity index (χ0n) is 11.3. The highest BCUT2D eigenvalue weighted by molar-refractivity contribution is 9.10. The molecule has 0 radical (unpaired) electrons. The second kappa shape index (κ2) is 5.52. The van der Waals surface area contributed by atoms with E-state index in [4.69, 9.17) is 4.74 Å². The van der Waals surface area contributed by atoms with Crippen LogP contribution in [0.4, 0.5) is 0 Å². The first-order valence-corrected chi connectivity index (χ1v) is 7.55. The molecule has 1 saturated carbocycles. The summed E-state index contributed by atoms with van der Waals surface area (Å²) in [5.41, 5.74) is 1.06. The van der Waals surface area contributed by atoms with Gasteiger partial charge < -0.3 is 4.74 Å². The average Bonchev–Trinajstić information content (AvgIpc) is 2.84. The van der Waals surface area contributed by atoms with Crippen molar-refractivity contribution in [2.24, 2.45) is 5.92 Å². The lowest BCUT2D eigenvalue weighted by Gasteiger charge is -2.28. The summed E-state index contributed by atoms with van der Waals surface area (Å²) in [6, 6.07) is 2.21. The summed E-state index contributed by atoms with van der Waals surface area (Å²) in [6.07, 6.45) is 7.34. The van der Waals surface area contributed by atoms with Crippen LogP contribution in [0.5, 0.6) is 0 Å². The number of methoxy groups -OCH3 is 1. The van der Waals surface area contributed by atoms with Gasteiger partial charge >= 0.3 is 5.97 Å². The number of aromatic nitrogens is 3. The van der Waals surface area contributed by atoms with E-state index in [0.29, 0.717) is 0 Å². The van der Waals surface area contributed by atoms with Crippen molar-refractivity contribution < 1.29 is 9.53 Å². The number of fused-ring (bicyclic) bond motifs is 1. The third-order valence-electron chi connectivity index (χ3n) is 3.99. The fraction of sp³-hybridized carbons (Fsp3) is 0.500. The zero-order valence-corrected chi connectivity index (χ0v) is 12.8. The van der Waals surface area contributed by atoms with Gasteiger partial charge in [-0.2, -0.15) is 5.10 Å². The van der Waals surface area contributed by atoms with E-state index in [-0.39, 0.29) is 17.9 Å². The van der Waals surface area contributed by atoms with Gasteiger partial charge in [-0.25, -0.2) is 0 Å². The molecule has 20 heavy (non-hydrogen) atoms. The molecule has 0 aromatic carbocycles. The van der Waals surface area contributed by atoms with Crippen molar-refractivity contribution in [2.75, 3.05) is 7.11 Å². The molecule has 0 N–H and O–H groups in total. The van der Waals surface area contributed by atoms with Gasteiger partial charge in [0.05, 0.1) is 30.0 Å². The Balaban J connectivity index is 1.93. The Hall–Kier alpha value is -1.43. The van der Waals surface area contributed by atoms with Crippen molar-refractivity contribution in [3.05, 3.63) is 23.1 Å². The van der Waals surface area contributed by atoms with Crippen LogP contribution in [0.1, 0.15) is 31.7 Å². The van der Waals surface area contributed by atoms with Crippen LogP contribution < -0.4 is 0 Å². The number of ether oxygens (including phenoxy) is 1. The molecule has 0 amide bonds. The second-order valence-corrected chi connectivity index (χ2v) is 5.92. The molecular weight excluding hydrogens is 322 g/mol. The summed E-state index contributed by atoms with van der Waals surface area (Å²) in [6.45, 7) is 0. The Morgan fingerprint density at radius 2 is 2.35 bits per heavy atom. The van der Waals surface area contributed by atoms with Gasteiger partial charge in [0.1, 0.15) is 4.60 Å². The van der Waals surface area contributed by atoms with E-state index in [2.05, 4.69) is 26.0 Å². The van der Waals surface area contributed by atoms with Crippen LogP contribution in [0.15, 0.2) is 23.1 Å². The van der Waals surface area contributed by atoms with Gasteiger partial charge in [-0.05, 0) is 41.3 Å². The first kappa shape index (κ1) is 13.5. The van der Waals surface area contributed by atoms with Crippen molar-refractivity contribution in [3.8, 4) is 0 Å². The SMILES string of the molecule is COC(=O)[C@@H]1CCC[C@H](n2nc(Br)c3cnccc32)C1. The van der Waals surface area contributed by atoms with Crippen LogP contribution in [0.3, 0.4) is 0 Å². The van der Waals surface area contributed by atoms with E-state index >= 15 is 0 Å². The van der Waals surface area contributed by atoms with Crippen LogP contribution in [-0.2, 0) is 9.53 Å². The fourth-order valence-corrected chi connectivity index (χ4v) is 3.47. The maximum absolute atomic E-state index is 11.7. The summed E-state index contributed by atoms with van der Waals surface area (Å²) < 4.78 is 7.71. The predicted octanol–water partition coefficient (Wildman–Crippen LogP) is 3.10. The van der Waals surface area contributed by atoms with Crippen molar-refractivity contribution in [1.29, 1.82) is 0 Å². The number of hydrogen-bond donors (Lipinski definition) is 0. The summed E-state index contributed by atoms with van der Waals surface area (Å²) in [4.78, 5) is 15.9. The third kappa shape index (κ3) is 2.32. The number of pyridine rings is 1. The minimum Gasteiger partial charge on any atom is -0.469 e. The molecule has 0 saturated heterocycles. The predicted molar refractivity (Wildman–Crippen MR) is 78.2 cm³/mol. The van der Waals surface area contributed by atoms with Gasteiger partial charge in [0.15, 0.2) is 0 Å². The van der Waals surface area contributed by atoms with Gasteiger partial charge in [0, 0.05) is 12.4 Å². The van der Waals surface area contributed by atoms with E-state index in [0.717, 1.165) is 41.2 Å². The molecule has 1 fully saturated rings. The van der Waals surface area contributed by atoms with E-state index < -0.39 is 0 Å². The number of halogens is 1. The van der Waals surface area contributed by atoms with Crippen molar-refractivity contribution in [1.82, 2.24) is 14.8 Å². The number of rotatable bonds is 2. The highest BCUT2D eigenvalue weighted by Crippen LogP contribution is 2.36. The summed E-state index contributed by atoms with van der Waals surface area (Å²) in [5, 5.41) is 5.58. The van der Waals surface area contributed by atoms with Crippen molar-refractivity contribution >= 4 is 32.8 Å². The van der Waals surface area contributed by atoms with Crippen molar-refractivity contribution in [2.45, 2.75) is 31.7 Å². The normalized spacial score (nSPS) is 22.9. The van der Waals surface area contributed by atoms with Gasteiger partial charge in [0.25, 0.3) is 0 Å². The molecule has 106 valence electrons. The first-order valence-electron chi connectivity index (χ1n) is 6.76. The molecule has 1 aliphatic rings. The Morgan fingerprint density at radius 1 is 1.50 bits per heavy atom. The van der Waals surface area contributed by atoms with Crippen molar-refractivity contribution in [3.63, 3.8) is 0 Å². The molecule has 5 nitrogen and oxygen atoms in total. The highest BCUT2D eigenvalue weighted by atomic mass is 79.9. The Bertz CT molecular complexity index is 640. The van der Waals surface area contributed by atoms with E-state index in [1.165, 1.54) is 7.11 Å². The van der Waals surface area contributed by atoms with E-state index in [9.17, 15) is 4.79 Å². The molecule has 6 heteroatoms. The molecule has 0 bridgehead atoms. The number of nitrogens with zero attached hydrogens (tertiary/aromatic N) is 3. The Kier molecular flexibility index (Phi) is 3.74. The fourth-order valence-electron chi connectivity index (χ4n) is 2.99. The lowest BCUT2D eigenvalue weighted by Crippen LogP contribution is -2.26. The standard InChI is InChI=1S/C14H16BrN3O2/c1-20-14(19)9-3-2-4-10(7-9)18-12-5-6-16-8-11(12)13(15)17-18/h5-6,8-10H,2-4,7H2,1H3/t9-,10+/m1/s1. The largest absolute Gasteiger partial charge is 0.469 e. The number of carbonyl (C=O) groups is 1. The highest BCUT2D eigenvalue weighted by Gasteiger charge is 2.30. The van der Waals surface area contributed by atoms with E-state index in [1.54, 1.807) is 6.20 Å². The summed E-state index contributed by atoms with van der Waals surface area (Å²) in [7, 11) is 1.46. The van der Waals surface area contributed by atoms with Crippen LogP contribution in [-0.4, -0.2) is 27.8 Å². The van der Waals surface area contributed by atoms with Gasteiger partial charge in [-0.3, -0.25) is 14.5 Å². The molecule has 0 unspecified atom stereocenters. The Labute approximate surface area is 125 Å². The number of esters is 1. The Morgan fingerprint density at radius 3 is 3.15 bits per heavy atom. The monoisotopic (exact) mass is 337 g/mol. The average molecular weight is 338 g/mol. The maximum atomic E-state index is 11.7. The maximum Gasteiger partial charge on any atom is 0.308 e. The van der Waals surface area contributed by atoms with Crippen LogP contribution in [0.25, 0.3) is 10.9 Å². The van der Waals surface area contributed by atoms with Gasteiger partial charge in [-0.15, -0.1) is 0 Å². The molecule has 2 aromatic heterocycles. The second-order valence-electron chi connectivity index (χ2n) is 5.17. The minimum absolute atomic E-state index is 0.0152. The minimum atomic E-state index is -0.105. The quantitative estimate of drug-likeness (QED) is 0.790. The van der Waals surface area contributed by atoms with Gasteiger partial charge in [0.2, 0.25) is 0 Å². The first-order chi connectivity index (χ1) is 9.70. The molecule has 3 rings (SSSR count). The molecule has 0 aliphatic heterocycles. The van der Waals surface area contributed by atoms with Crippen LogP contribution in [0, 0.1) is 5.92 Å². The molecule has 2 atom stereocenters. The third-order valence-corrected chi connectivity index (χ3v) is 4.58.